The summed E-state index contributed by atoms with van der Waals surface area (Å²) in [5, 5.41) is 11.2. The van der Waals surface area contributed by atoms with Gasteiger partial charge in [0.2, 0.25) is 0 Å². The van der Waals surface area contributed by atoms with Gasteiger partial charge in [0.25, 0.3) is 0 Å². The Morgan fingerprint density at radius 2 is 2.18 bits per heavy atom. The summed E-state index contributed by atoms with van der Waals surface area (Å²) >= 11 is 0. The first-order valence-corrected chi connectivity index (χ1v) is 3.89. The molecular weight excluding hydrogens is 144 g/mol. The zero-order valence-corrected chi connectivity index (χ0v) is 7.13. The maximum absolute atomic E-state index is 11.1. The van der Waals surface area contributed by atoms with Crippen molar-refractivity contribution >= 4 is 6.03 Å². The summed E-state index contributed by atoms with van der Waals surface area (Å²) < 4.78 is 0. The van der Waals surface area contributed by atoms with Crippen molar-refractivity contribution in [1.82, 2.24) is 10.2 Å². The first-order valence-electron chi connectivity index (χ1n) is 3.89. The van der Waals surface area contributed by atoms with Crippen molar-refractivity contribution in [3.05, 3.63) is 0 Å². The number of nitrogens with zero attached hydrogens (tertiary/aromatic N) is 1. The standard InChI is InChI=1S/C7H16N2O2/c1-3-8-7(11)9(4-2)5-6-10/h10H,3-6H2,1-2H3,(H,8,11). The summed E-state index contributed by atoms with van der Waals surface area (Å²) in [5.41, 5.74) is 0. The van der Waals surface area contributed by atoms with E-state index in [-0.39, 0.29) is 12.6 Å². The smallest absolute Gasteiger partial charge is 0.317 e. The van der Waals surface area contributed by atoms with Crippen molar-refractivity contribution in [3.63, 3.8) is 0 Å². The lowest BCUT2D eigenvalue weighted by Gasteiger charge is -2.19. The van der Waals surface area contributed by atoms with Crippen LogP contribution in [0.5, 0.6) is 0 Å². The Hall–Kier alpha value is -0.770. The van der Waals surface area contributed by atoms with Gasteiger partial charge in [0.15, 0.2) is 0 Å². The molecule has 0 fully saturated rings. The van der Waals surface area contributed by atoms with E-state index >= 15 is 0 Å². The number of aliphatic hydroxyl groups excluding tert-OH is 1. The number of urea groups is 1. The predicted molar refractivity (Wildman–Crippen MR) is 43.4 cm³/mol. The van der Waals surface area contributed by atoms with Crippen molar-refractivity contribution in [2.45, 2.75) is 13.8 Å². The van der Waals surface area contributed by atoms with Gasteiger partial charge in [-0.2, -0.15) is 0 Å². The Morgan fingerprint density at radius 3 is 2.55 bits per heavy atom. The molecule has 0 spiro atoms. The van der Waals surface area contributed by atoms with Crippen LogP contribution in [0.25, 0.3) is 0 Å². The molecule has 0 bridgehead atoms. The third-order valence-corrected chi connectivity index (χ3v) is 1.37. The van der Waals surface area contributed by atoms with Gasteiger partial charge in [0.05, 0.1) is 6.61 Å². The van der Waals surface area contributed by atoms with Crippen LogP contribution in [0.15, 0.2) is 0 Å². The number of hydrogen-bond acceptors (Lipinski definition) is 2. The van der Waals surface area contributed by atoms with E-state index in [1.807, 2.05) is 13.8 Å². The second-order valence-corrected chi connectivity index (χ2v) is 2.14. The normalized spacial score (nSPS) is 9.36. The molecule has 2 amide bonds. The molecule has 11 heavy (non-hydrogen) atoms. The highest BCUT2D eigenvalue weighted by Gasteiger charge is 2.07. The molecule has 0 aliphatic rings. The van der Waals surface area contributed by atoms with Crippen molar-refractivity contribution < 1.29 is 9.90 Å². The summed E-state index contributed by atoms with van der Waals surface area (Å²) in [5.74, 6) is 0. The molecule has 0 atom stereocenters. The van der Waals surface area contributed by atoms with E-state index in [1.54, 1.807) is 4.90 Å². The fourth-order valence-corrected chi connectivity index (χ4v) is 0.787. The van der Waals surface area contributed by atoms with Crippen LogP contribution in [0.1, 0.15) is 13.8 Å². The fourth-order valence-electron chi connectivity index (χ4n) is 0.787. The van der Waals surface area contributed by atoms with Gasteiger partial charge >= 0.3 is 6.03 Å². The molecule has 2 N–H and O–H groups in total. The zero-order valence-electron chi connectivity index (χ0n) is 7.13. The minimum Gasteiger partial charge on any atom is -0.395 e. The summed E-state index contributed by atoms with van der Waals surface area (Å²) in [6, 6.07) is -0.107. The monoisotopic (exact) mass is 160 g/mol. The van der Waals surface area contributed by atoms with E-state index < -0.39 is 0 Å². The molecule has 0 aliphatic carbocycles. The highest BCUT2D eigenvalue weighted by Crippen LogP contribution is 1.86. The quantitative estimate of drug-likeness (QED) is 0.609. The highest BCUT2D eigenvalue weighted by molar-refractivity contribution is 5.73. The Morgan fingerprint density at radius 1 is 1.55 bits per heavy atom. The molecule has 0 aromatic heterocycles. The van der Waals surface area contributed by atoms with Gasteiger partial charge in [0.1, 0.15) is 0 Å². The fraction of sp³-hybridized carbons (Fsp3) is 0.857. The summed E-state index contributed by atoms with van der Waals surface area (Å²) in [4.78, 5) is 12.6. The first-order chi connectivity index (χ1) is 5.26. The largest absolute Gasteiger partial charge is 0.395 e. The Labute approximate surface area is 67.2 Å². The van der Waals surface area contributed by atoms with Gasteiger partial charge in [-0.15, -0.1) is 0 Å². The van der Waals surface area contributed by atoms with E-state index in [2.05, 4.69) is 5.32 Å². The van der Waals surface area contributed by atoms with Crippen LogP contribution in [-0.2, 0) is 0 Å². The molecule has 0 unspecified atom stereocenters. The van der Waals surface area contributed by atoms with Crippen LogP contribution < -0.4 is 5.32 Å². The molecule has 0 aromatic rings. The third-order valence-electron chi connectivity index (χ3n) is 1.37. The molecule has 66 valence electrons. The van der Waals surface area contributed by atoms with Crippen LogP contribution in [0, 0.1) is 0 Å². The van der Waals surface area contributed by atoms with Gasteiger partial charge in [-0.05, 0) is 13.8 Å². The van der Waals surface area contributed by atoms with Gasteiger partial charge < -0.3 is 15.3 Å². The van der Waals surface area contributed by atoms with Gasteiger partial charge in [-0.3, -0.25) is 0 Å². The van der Waals surface area contributed by atoms with E-state index in [0.29, 0.717) is 19.6 Å². The molecule has 4 heteroatoms. The van der Waals surface area contributed by atoms with Crippen LogP contribution in [0.3, 0.4) is 0 Å². The minimum absolute atomic E-state index is 0.0188. The van der Waals surface area contributed by atoms with Gasteiger partial charge in [-0.25, -0.2) is 4.79 Å². The van der Waals surface area contributed by atoms with E-state index in [1.165, 1.54) is 0 Å². The minimum atomic E-state index is -0.107. The molecule has 0 rings (SSSR count). The predicted octanol–water partition coefficient (Wildman–Crippen LogP) is 0.0301. The maximum Gasteiger partial charge on any atom is 0.317 e. The molecule has 4 nitrogen and oxygen atoms in total. The number of likely N-dealkylation sites (N-methyl/N-ethyl adjacent to an activating group) is 1. The Kier molecular flexibility index (Phi) is 5.56. The number of rotatable bonds is 4. The lowest BCUT2D eigenvalue weighted by atomic mass is 10.5. The average molecular weight is 160 g/mol. The lowest BCUT2D eigenvalue weighted by molar-refractivity contribution is 0.181. The van der Waals surface area contributed by atoms with Gasteiger partial charge in [0, 0.05) is 19.6 Å². The second-order valence-electron chi connectivity index (χ2n) is 2.14. The number of carbonyl (C=O) groups is 1. The third kappa shape index (κ3) is 3.83. The van der Waals surface area contributed by atoms with Crippen LogP contribution in [0.2, 0.25) is 0 Å². The van der Waals surface area contributed by atoms with Crippen molar-refractivity contribution in [2.24, 2.45) is 0 Å². The summed E-state index contributed by atoms with van der Waals surface area (Å²) in [6.07, 6.45) is 0. The lowest BCUT2D eigenvalue weighted by Crippen LogP contribution is -2.41. The number of hydrogen-bond donors (Lipinski definition) is 2. The van der Waals surface area contributed by atoms with Crippen molar-refractivity contribution in [1.29, 1.82) is 0 Å². The van der Waals surface area contributed by atoms with E-state index in [4.69, 9.17) is 5.11 Å². The van der Waals surface area contributed by atoms with Gasteiger partial charge in [-0.1, -0.05) is 0 Å². The zero-order chi connectivity index (χ0) is 8.69. The number of nitrogens with one attached hydrogen (secondary N) is 1. The molecule has 0 radical (unpaired) electrons. The van der Waals surface area contributed by atoms with E-state index in [0.717, 1.165) is 0 Å². The summed E-state index contributed by atoms with van der Waals surface area (Å²) in [6.45, 7) is 5.43. The van der Waals surface area contributed by atoms with Crippen LogP contribution >= 0.6 is 0 Å². The average Bonchev–Trinajstić information content (AvgIpc) is 2.00. The van der Waals surface area contributed by atoms with Crippen molar-refractivity contribution in [3.8, 4) is 0 Å². The molecule has 0 saturated heterocycles. The first kappa shape index (κ1) is 10.2. The Balaban J connectivity index is 3.71. The summed E-state index contributed by atoms with van der Waals surface area (Å²) in [7, 11) is 0. The van der Waals surface area contributed by atoms with Crippen LogP contribution in [-0.4, -0.2) is 42.3 Å². The molecule has 0 heterocycles. The highest BCUT2D eigenvalue weighted by atomic mass is 16.3. The maximum atomic E-state index is 11.1. The van der Waals surface area contributed by atoms with E-state index in [9.17, 15) is 4.79 Å². The Bertz CT molecular complexity index is 117. The number of carbonyl (C=O) groups excluding carboxylic acids is 1. The molecule has 0 aromatic carbocycles. The number of amides is 2. The van der Waals surface area contributed by atoms with Crippen LogP contribution in [0.4, 0.5) is 4.79 Å². The molecule has 0 saturated carbocycles. The number of aliphatic hydroxyl groups is 1. The SMILES string of the molecule is CCNC(=O)N(CC)CCO. The topological polar surface area (TPSA) is 52.6 Å². The molecule has 0 aliphatic heterocycles. The molecular formula is C7H16N2O2. The van der Waals surface area contributed by atoms with Crippen molar-refractivity contribution in [2.75, 3.05) is 26.2 Å². The second kappa shape index (κ2) is 5.97.